The van der Waals surface area contributed by atoms with Crippen LogP contribution in [0, 0.1) is 0 Å². The molecular weight excluding hydrogens is 482 g/mol. The van der Waals surface area contributed by atoms with Crippen LogP contribution in [0.5, 0.6) is 0 Å². The second-order valence-electron chi connectivity index (χ2n) is 8.63. The van der Waals surface area contributed by atoms with Gasteiger partial charge in [0.25, 0.3) is 5.91 Å². The number of nitrogens with one attached hydrogen (secondary N) is 1. The third-order valence-corrected chi connectivity index (χ3v) is 8.73. The summed E-state index contributed by atoms with van der Waals surface area (Å²) >= 11 is 1.60. The molecule has 0 radical (unpaired) electrons. The highest BCUT2D eigenvalue weighted by molar-refractivity contribution is 7.89. The number of anilines is 1. The number of hydrogen-bond donors (Lipinski definition) is 1. The third kappa shape index (κ3) is 4.99. The highest BCUT2D eigenvalue weighted by atomic mass is 32.2. The fourth-order valence-electron chi connectivity index (χ4n) is 4.18. The van der Waals surface area contributed by atoms with Crippen molar-refractivity contribution in [3.8, 4) is 10.6 Å². The molecule has 0 bridgehead atoms. The first-order valence-electron chi connectivity index (χ1n) is 11.3. The molecule has 5 rings (SSSR count). The lowest BCUT2D eigenvalue weighted by atomic mass is 10.2. The van der Waals surface area contributed by atoms with Crippen molar-refractivity contribution in [1.29, 1.82) is 0 Å². The van der Waals surface area contributed by atoms with Crippen LogP contribution in [-0.4, -0.2) is 48.9 Å². The molecule has 1 aliphatic heterocycles. The van der Waals surface area contributed by atoms with Crippen LogP contribution in [0.15, 0.2) is 77.7 Å². The van der Waals surface area contributed by atoms with E-state index >= 15 is 0 Å². The molecular formula is C26H25N3O4S2. The molecule has 2 unspecified atom stereocenters. The van der Waals surface area contributed by atoms with Crippen LogP contribution in [-0.2, 0) is 14.8 Å². The van der Waals surface area contributed by atoms with Gasteiger partial charge in [-0.1, -0.05) is 24.3 Å². The Morgan fingerprint density at radius 2 is 1.71 bits per heavy atom. The first-order chi connectivity index (χ1) is 16.8. The number of carbonyl (C=O) groups excluding carboxylic acids is 1. The fraction of sp³-hybridized carbons (Fsp3) is 0.231. The van der Waals surface area contributed by atoms with E-state index in [0.29, 0.717) is 24.3 Å². The van der Waals surface area contributed by atoms with E-state index in [2.05, 4.69) is 10.3 Å². The SMILES string of the molecule is CC1CN(S(=O)(=O)c2ccc(C(=O)Nc3cccc(-c4nc5ccccc5s4)c3)cc2)CC(C)O1. The molecule has 1 amide bonds. The van der Waals surface area contributed by atoms with E-state index in [1.807, 2.05) is 62.4 Å². The minimum absolute atomic E-state index is 0.160. The van der Waals surface area contributed by atoms with Crippen LogP contribution >= 0.6 is 11.3 Å². The zero-order valence-electron chi connectivity index (χ0n) is 19.3. The number of rotatable bonds is 5. The van der Waals surface area contributed by atoms with Gasteiger partial charge in [-0.15, -0.1) is 11.3 Å². The number of nitrogens with zero attached hydrogens (tertiary/aromatic N) is 2. The van der Waals surface area contributed by atoms with E-state index in [0.717, 1.165) is 20.8 Å². The lowest BCUT2D eigenvalue weighted by Gasteiger charge is -2.34. The number of morpholine rings is 1. The maximum Gasteiger partial charge on any atom is 0.255 e. The Morgan fingerprint density at radius 1 is 1.00 bits per heavy atom. The van der Waals surface area contributed by atoms with Crippen LogP contribution in [0.1, 0.15) is 24.2 Å². The van der Waals surface area contributed by atoms with Gasteiger partial charge < -0.3 is 10.1 Å². The summed E-state index contributed by atoms with van der Waals surface area (Å²) in [4.78, 5) is 17.7. The molecule has 0 saturated carbocycles. The van der Waals surface area contributed by atoms with Gasteiger partial charge in [-0.05, 0) is 62.4 Å². The second kappa shape index (κ2) is 9.50. The van der Waals surface area contributed by atoms with E-state index in [-0.39, 0.29) is 23.0 Å². The number of benzene rings is 3. The lowest BCUT2D eigenvalue weighted by Crippen LogP contribution is -2.48. The van der Waals surface area contributed by atoms with Crippen molar-refractivity contribution in [2.24, 2.45) is 0 Å². The van der Waals surface area contributed by atoms with Gasteiger partial charge >= 0.3 is 0 Å². The van der Waals surface area contributed by atoms with E-state index in [1.165, 1.54) is 28.6 Å². The second-order valence-corrected chi connectivity index (χ2v) is 11.6. The number of para-hydroxylation sites is 1. The van der Waals surface area contributed by atoms with Crippen molar-refractivity contribution in [2.45, 2.75) is 31.0 Å². The number of aromatic nitrogens is 1. The monoisotopic (exact) mass is 507 g/mol. The van der Waals surface area contributed by atoms with Crippen LogP contribution in [0.3, 0.4) is 0 Å². The molecule has 9 heteroatoms. The molecule has 4 aromatic rings. The smallest absolute Gasteiger partial charge is 0.255 e. The van der Waals surface area contributed by atoms with Gasteiger partial charge in [0, 0.05) is 29.9 Å². The number of sulfonamides is 1. The van der Waals surface area contributed by atoms with Crippen LogP contribution in [0.4, 0.5) is 5.69 Å². The Morgan fingerprint density at radius 3 is 2.43 bits per heavy atom. The van der Waals surface area contributed by atoms with E-state index < -0.39 is 10.0 Å². The van der Waals surface area contributed by atoms with Gasteiger partial charge in [-0.25, -0.2) is 13.4 Å². The minimum atomic E-state index is -3.66. The van der Waals surface area contributed by atoms with Crippen LogP contribution in [0.2, 0.25) is 0 Å². The summed E-state index contributed by atoms with van der Waals surface area (Å²) in [5.41, 5.74) is 2.87. The number of ether oxygens (including phenoxy) is 1. The average molecular weight is 508 g/mol. The van der Waals surface area contributed by atoms with Gasteiger partial charge in [0.1, 0.15) is 5.01 Å². The molecule has 0 spiro atoms. The molecule has 35 heavy (non-hydrogen) atoms. The molecule has 2 heterocycles. The maximum atomic E-state index is 13.1. The Bertz CT molecular complexity index is 1440. The normalized spacial score (nSPS) is 19.0. The molecule has 1 N–H and O–H groups in total. The van der Waals surface area contributed by atoms with Gasteiger partial charge in [0.15, 0.2) is 0 Å². The number of fused-ring (bicyclic) bond motifs is 1. The predicted octanol–water partition coefficient (Wildman–Crippen LogP) is 5.01. The molecule has 1 aliphatic rings. The standard InChI is InChI=1S/C26H25N3O4S2/c1-17-15-29(16-18(2)33-17)35(31,32)22-12-10-19(11-13-22)25(30)27-21-7-5-6-20(14-21)26-28-23-8-3-4-9-24(23)34-26/h3-14,17-18H,15-16H2,1-2H3,(H,27,30). The summed E-state index contributed by atoms with van der Waals surface area (Å²) in [5.74, 6) is -0.316. The molecule has 1 fully saturated rings. The minimum Gasteiger partial charge on any atom is -0.373 e. The van der Waals surface area contributed by atoms with Gasteiger partial charge in [0.2, 0.25) is 10.0 Å². The summed E-state index contributed by atoms with van der Waals surface area (Å²) < 4.78 is 34.3. The highest BCUT2D eigenvalue weighted by Crippen LogP contribution is 2.31. The molecule has 1 saturated heterocycles. The van der Waals surface area contributed by atoms with E-state index in [1.54, 1.807) is 11.3 Å². The first-order valence-corrected chi connectivity index (χ1v) is 13.6. The fourth-order valence-corrected chi connectivity index (χ4v) is 6.74. The predicted molar refractivity (Wildman–Crippen MR) is 138 cm³/mol. The first kappa shape index (κ1) is 23.6. The molecule has 2 atom stereocenters. The zero-order chi connectivity index (χ0) is 24.6. The van der Waals surface area contributed by atoms with Gasteiger partial charge in [-0.3, -0.25) is 4.79 Å². The molecule has 3 aromatic carbocycles. The molecule has 0 aliphatic carbocycles. The van der Waals surface area contributed by atoms with Gasteiger partial charge in [0.05, 0.1) is 27.3 Å². The summed E-state index contributed by atoms with van der Waals surface area (Å²) in [6, 6.07) is 21.5. The van der Waals surface area contributed by atoms with Crippen molar-refractivity contribution in [3.63, 3.8) is 0 Å². The van der Waals surface area contributed by atoms with E-state index in [9.17, 15) is 13.2 Å². The lowest BCUT2D eigenvalue weighted by molar-refractivity contribution is -0.0440. The third-order valence-electron chi connectivity index (χ3n) is 5.80. The summed E-state index contributed by atoms with van der Waals surface area (Å²) in [7, 11) is -3.66. The number of thiazole rings is 1. The number of carbonyl (C=O) groups is 1. The number of hydrogen-bond acceptors (Lipinski definition) is 6. The Hall–Kier alpha value is -3.11. The van der Waals surface area contributed by atoms with Crippen molar-refractivity contribution >= 4 is 43.2 Å². The van der Waals surface area contributed by atoms with E-state index in [4.69, 9.17) is 4.74 Å². The molecule has 7 nitrogen and oxygen atoms in total. The molecule has 1 aromatic heterocycles. The topological polar surface area (TPSA) is 88.6 Å². The largest absolute Gasteiger partial charge is 0.373 e. The van der Waals surface area contributed by atoms with Crippen molar-refractivity contribution in [3.05, 3.63) is 78.4 Å². The van der Waals surface area contributed by atoms with Crippen LogP contribution < -0.4 is 5.32 Å². The van der Waals surface area contributed by atoms with Crippen molar-refractivity contribution < 1.29 is 17.9 Å². The molecule has 180 valence electrons. The Kier molecular flexibility index (Phi) is 6.41. The van der Waals surface area contributed by atoms with Crippen LogP contribution in [0.25, 0.3) is 20.8 Å². The van der Waals surface area contributed by atoms with Crippen molar-refractivity contribution in [2.75, 3.05) is 18.4 Å². The average Bonchev–Trinajstić information content (AvgIpc) is 3.28. The summed E-state index contributed by atoms with van der Waals surface area (Å²) in [6.07, 6.45) is -0.339. The zero-order valence-corrected chi connectivity index (χ0v) is 21.0. The highest BCUT2D eigenvalue weighted by Gasteiger charge is 2.32. The Balaban J connectivity index is 1.31. The number of amides is 1. The quantitative estimate of drug-likeness (QED) is 0.410. The maximum absolute atomic E-state index is 13.1. The van der Waals surface area contributed by atoms with Gasteiger partial charge in [-0.2, -0.15) is 4.31 Å². The van der Waals surface area contributed by atoms with Crippen molar-refractivity contribution in [1.82, 2.24) is 9.29 Å². The Labute approximate surface area is 208 Å². The summed E-state index contributed by atoms with van der Waals surface area (Å²) in [5, 5.41) is 3.78. The summed E-state index contributed by atoms with van der Waals surface area (Å²) in [6.45, 7) is 4.33.